The fourth-order valence-corrected chi connectivity index (χ4v) is 2.90. The number of nitrogens with zero attached hydrogens (tertiary/aromatic N) is 2. The summed E-state index contributed by atoms with van der Waals surface area (Å²) in [5, 5.41) is 12.4. The summed E-state index contributed by atoms with van der Waals surface area (Å²) in [5.41, 5.74) is 1.69. The first-order valence-corrected chi connectivity index (χ1v) is 9.28. The summed E-state index contributed by atoms with van der Waals surface area (Å²) >= 11 is 1.66. The van der Waals surface area contributed by atoms with E-state index in [0.29, 0.717) is 24.6 Å². The van der Waals surface area contributed by atoms with E-state index < -0.39 is 0 Å². The highest BCUT2D eigenvalue weighted by Crippen LogP contribution is 2.11. The van der Waals surface area contributed by atoms with Crippen LogP contribution in [0.5, 0.6) is 5.75 Å². The van der Waals surface area contributed by atoms with Gasteiger partial charge in [-0.25, -0.2) is 4.98 Å². The fraction of sp³-hybridized carbons (Fsp3) is 0.389. The molecule has 0 aliphatic carbocycles. The number of hydrogen-bond donors (Lipinski definition) is 3. The number of nitrogens with one attached hydrogen (secondary N) is 3. The fourth-order valence-electron chi connectivity index (χ4n) is 2.25. The van der Waals surface area contributed by atoms with Gasteiger partial charge in [-0.3, -0.25) is 9.79 Å². The normalized spacial score (nSPS) is 10.7. The van der Waals surface area contributed by atoms with Gasteiger partial charge in [0.05, 0.1) is 17.8 Å². The van der Waals surface area contributed by atoms with Gasteiger partial charge in [-0.05, 0) is 31.2 Å². The highest BCUT2D eigenvalue weighted by atomic mass is 127. The Morgan fingerprint density at radius 3 is 2.41 bits per heavy atom. The first-order valence-electron chi connectivity index (χ1n) is 8.40. The predicted molar refractivity (Wildman–Crippen MR) is 121 cm³/mol. The van der Waals surface area contributed by atoms with Crippen molar-refractivity contribution in [2.24, 2.45) is 4.99 Å². The largest absolute Gasteiger partial charge is 0.497 e. The van der Waals surface area contributed by atoms with E-state index in [1.54, 1.807) is 49.8 Å². The van der Waals surface area contributed by atoms with Crippen molar-refractivity contribution in [3.05, 3.63) is 45.9 Å². The molecule has 0 saturated heterocycles. The smallest absolute Gasteiger partial charge is 0.251 e. The molecule has 1 heterocycles. The zero-order chi connectivity index (χ0) is 18.8. The average molecular weight is 503 g/mol. The minimum absolute atomic E-state index is 0. The quantitative estimate of drug-likeness (QED) is 0.223. The van der Waals surface area contributed by atoms with Crippen LogP contribution >= 0.6 is 35.3 Å². The van der Waals surface area contributed by atoms with Gasteiger partial charge in [0.2, 0.25) is 0 Å². The van der Waals surface area contributed by atoms with Crippen LogP contribution in [0.2, 0.25) is 0 Å². The molecule has 2 rings (SSSR count). The Kier molecular flexibility index (Phi) is 10.7. The van der Waals surface area contributed by atoms with Crippen molar-refractivity contribution in [2.75, 3.05) is 33.8 Å². The molecule has 9 heteroatoms. The molecule has 1 aromatic carbocycles. The summed E-state index contributed by atoms with van der Waals surface area (Å²) in [7, 11) is 3.32. The Morgan fingerprint density at radius 2 is 1.81 bits per heavy atom. The van der Waals surface area contributed by atoms with Crippen LogP contribution in [-0.2, 0) is 6.42 Å². The van der Waals surface area contributed by atoms with E-state index in [2.05, 4.69) is 31.3 Å². The number of aryl methyl sites for hydroxylation is 1. The molecular weight excluding hydrogens is 477 g/mol. The molecule has 0 aliphatic heterocycles. The number of carbonyl (C=O) groups is 1. The molecule has 0 unspecified atom stereocenters. The number of halogens is 1. The molecule has 1 amide bonds. The first kappa shape index (κ1) is 23.2. The van der Waals surface area contributed by atoms with E-state index >= 15 is 0 Å². The Hall–Kier alpha value is -1.88. The number of hydrogen-bond acceptors (Lipinski definition) is 5. The number of benzene rings is 1. The molecule has 7 nitrogen and oxygen atoms in total. The minimum Gasteiger partial charge on any atom is -0.497 e. The topological polar surface area (TPSA) is 87.6 Å². The molecule has 0 radical (unpaired) electrons. The Bertz CT molecular complexity index is 734. The van der Waals surface area contributed by atoms with Crippen LogP contribution in [0.1, 0.15) is 21.1 Å². The lowest BCUT2D eigenvalue weighted by atomic mass is 10.2. The lowest BCUT2D eigenvalue weighted by molar-refractivity contribution is 0.0954. The van der Waals surface area contributed by atoms with Gasteiger partial charge in [0.25, 0.3) is 5.91 Å². The molecule has 2 aromatic rings. The standard InChI is InChI=1S/C18H25N5O2S.HI/c1-13-23-15(12-26-13)8-9-21-18(19-2)22-11-10-20-17(24)14-4-6-16(25-3)7-5-14;/h4-7,12H,8-11H2,1-3H3,(H,20,24)(H2,19,21,22);1H. The van der Waals surface area contributed by atoms with Gasteiger partial charge in [-0.1, -0.05) is 0 Å². The van der Waals surface area contributed by atoms with E-state index in [4.69, 9.17) is 4.74 Å². The predicted octanol–water partition coefficient (Wildman–Crippen LogP) is 2.22. The van der Waals surface area contributed by atoms with Crippen LogP contribution in [0.4, 0.5) is 0 Å². The molecule has 148 valence electrons. The maximum absolute atomic E-state index is 12.1. The monoisotopic (exact) mass is 503 g/mol. The number of rotatable bonds is 8. The third-order valence-electron chi connectivity index (χ3n) is 3.62. The van der Waals surface area contributed by atoms with Crippen molar-refractivity contribution in [3.63, 3.8) is 0 Å². The summed E-state index contributed by atoms with van der Waals surface area (Å²) in [6.45, 7) is 3.83. The van der Waals surface area contributed by atoms with Gasteiger partial charge in [0, 0.05) is 44.0 Å². The van der Waals surface area contributed by atoms with Crippen molar-refractivity contribution < 1.29 is 9.53 Å². The van der Waals surface area contributed by atoms with Crippen LogP contribution in [0, 0.1) is 6.92 Å². The summed E-state index contributed by atoms with van der Waals surface area (Å²) in [5.74, 6) is 1.32. The second-order valence-corrected chi connectivity index (χ2v) is 6.58. The van der Waals surface area contributed by atoms with Crippen molar-refractivity contribution in [1.82, 2.24) is 20.9 Å². The number of thiazole rings is 1. The van der Waals surface area contributed by atoms with Gasteiger partial charge in [0.1, 0.15) is 5.75 Å². The van der Waals surface area contributed by atoms with Crippen LogP contribution in [-0.4, -0.2) is 50.6 Å². The number of amides is 1. The highest BCUT2D eigenvalue weighted by Gasteiger charge is 2.05. The zero-order valence-electron chi connectivity index (χ0n) is 15.7. The van der Waals surface area contributed by atoms with Gasteiger partial charge in [-0.2, -0.15) is 0 Å². The second kappa shape index (κ2) is 12.5. The molecule has 0 saturated carbocycles. The molecule has 1 aromatic heterocycles. The number of carbonyl (C=O) groups excluding carboxylic acids is 1. The Labute approximate surface area is 181 Å². The Balaban J connectivity index is 0.00000364. The van der Waals surface area contributed by atoms with E-state index in [1.807, 2.05) is 6.92 Å². The average Bonchev–Trinajstić information content (AvgIpc) is 3.08. The molecule has 27 heavy (non-hydrogen) atoms. The number of ether oxygens (including phenoxy) is 1. The maximum atomic E-state index is 12.1. The van der Waals surface area contributed by atoms with Gasteiger partial charge in [-0.15, -0.1) is 35.3 Å². The summed E-state index contributed by atoms with van der Waals surface area (Å²) < 4.78 is 5.08. The van der Waals surface area contributed by atoms with Crippen molar-refractivity contribution in [3.8, 4) is 5.75 Å². The van der Waals surface area contributed by atoms with Crippen molar-refractivity contribution >= 4 is 47.2 Å². The summed E-state index contributed by atoms with van der Waals surface area (Å²) in [4.78, 5) is 20.7. The number of aliphatic imine (C=N–C) groups is 1. The van der Waals surface area contributed by atoms with Gasteiger partial charge in [0.15, 0.2) is 5.96 Å². The lowest BCUT2D eigenvalue weighted by Gasteiger charge is -2.12. The maximum Gasteiger partial charge on any atom is 0.251 e. The molecule has 3 N–H and O–H groups in total. The second-order valence-electron chi connectivity index (χ2n) is 5.52. The summed E-state index contributed by atoms with van der Waals surface area (Å²) in [6, 6.07) is 7.01. The van der Waals surface area contributed by atoms with Crippen LogP contribution in [0.3, 0.4) is 0 Å². The summed E-state index contributed by atoms with van der Waals surface area (Å²) in [6.07, 6.45) is 0.846. The molecule has 0 atom stereocenters. The van der Waals surface area contributed by atoms with Gasteiger partial charge < -0.3 is 20.7 Å². The van der Waals surface area contributed by atoms with Crippen LogP contribution in [0.15, 0.2) is 34.6 Å². The zero-order valence-corrected chi connectivity index (χ0v) is 18.9. The molecular formula is C18H26IN5O2S. The van der Waals surface area contributed by atoms with Crippen LogP contribution in [0.25, 0.3) is 0 Å². The lowest BCUT2D eigenvalue weighted by Crippen LogP contribution is -2.42. The molecule has 0 aliphatic rings. The van der Waals surface area contributed by atoms with E-state index in [1.165, 1.54) is 0 Å². The Morgan fingerprint density at radius 1 is 1.15 bits per heavy atom. The van der Waals surface area contributed by atoms with E-state index in [-0.39, 0.29) is 29.9 Å². The third-order valence-corrected chi connectivity index (χ3v) is 4.44. The van der Waals surface area contributed by atoms with Crippen molar-refractivity contribution in [1.29, 1.82) is 0 Å². The van der Waals surface area contributed by atoms with E-state index in [9.17, 15) is 4.79 Å². The highest BCUT2D eigenvalue weighted by molar-refractivity contribution is 14.0. The first-order chi connectivity index (χ1) is 12.6. The van der Waals surface area contributed by atoms with Crippen LogP contribution < -0.4 is 20.7 Å². The SMILES string of the molecule is CN=C(NCCNC(=O)c1ccc(OC)cc1)NCCc1csc(C)n1.I. The number of aromatic nitrogens is 1. The molecule has 0 fully saturated rings. The molecule has 0 bridgehead atoms. The van der Waals surface area contributed by atoms with Gasteiger partial charge >= 0.3 is 0 Å². The number of guanidine groups is 1. The van der Waals surface area contributed by atoms with Crippen molar-refractivity contribution in [2.45, 2.75) is 13.3 Å². The molecule has 0 spiro atoms. The third kappa shape index (κ3) is 8.12. The van der Waals surface area contributed by atoms with E-state index in [0.717, 1.165) is 29.4 Å². The number of methoxy groups -OCH3 is 1. The minimum atomic E-state index is -0.115.